The standard InChI is InChI=1S/C22H20N4O4/c1-14-11-24(12-15(2)30-14)20-8-7-17(26(28)29)9-19(20)22(27)25-13-16(10-23)18-5-3-4-6-21(18)25/h3-9,13-15H,11-12H2,1-2H3. The number of aromatic nitrogens is 1. The van der Waals surface area contributed by atoms with E-state index in [1.54, 1.807) is 30.3 Å². The maximum absolute atomic E-state index is 13.6. The number of nitro benzene ring substituents is 1. The van der Waals surface area contributed by atoms with E-state index in [1.807, 2.05) is 18.7 Å². The molecule has 0 bridgehead atoms. The van der Waals surface area contributed by atoms with Crippen LogP contribution < -0.4 is 4.90 Å². The maximum Gasteiger partial charge on any atom is 0.270 e. The van der Waals surface area contributed by atoms with E-state index in [0.717, 1.165) is 0 Å². The van der Waals surface area contributed by atoms with Gasteiger partial charge in [0.1, 0.15) is 6.07 Å². The SMILES string of the molecule is CC1CN(c2ccc([N+](=O)[O-])cc2C(=O)n2cc(C#N)c3ccccc32)CC(C)O1. The van der Waals surface area contributed by atoms with E-state index < -0.39 is 10.8 Å². The lowest BCUT2D eigenvalue weighted by Gasteiger charge is -2.37. The van der Waals surface area contributed by atoms with E-state index in [1.165, 1.54) is 22.9 Å². The number of nitriles is 1. The third kappa shape index (κ3) is 3.40. The highest BCUT2D eigenvalue weighted by Crippen LogP contribution is 2.30. The first-order chi connectivity index (χ1) is 14.4. The Hall–Kier alpha value is -3.70. The van der Waals surface area contributed by atoms with E-state index in [4.69, 9.17) is 4.74 Å². The summed E-state index contributed by atoms with van der Waals surface area (Å²) in [6, 6.07) is 13.6. The Balaban J connectivity index is 1.87. The number of carbonyl (C=O) groups excluding carboxylic acids is 1. The largest absolute Gasteiger partial charge is 0.372 e. The average molecular weight is 404 g/mol. The minimum absolute atomic E-state index is 0.0375. The zero-order valence-corrected chi connectivity index (χ0v) is 16.6. The molecule has 3 aromatic rings. The Morgan fingerprint density at radius 2 is 1.90 bits per heavy atom. The predicted octanol–water partition coefficient (Wildman–Crippen LogP) is 3.72. The smallest absolute Gasteiger partial charge is 0.270 e. The van der Waals surface area contributed by atoms with Crippen LogP contribution in [-0.4, -0.2) is 40.7 Å². The number of benzene rings is 2. The van der Waals surface area contributed by atoms with E-state index in [2.05, 4.69) is 6.07 Å². The van der Waals surface area contributed by atoms with E-state index in [-0.39, 0.29) is 23.5 Å². The summed E-state index contributed by atoms with van der Waals surface area (Å²) < 4.78 is 7.18. The van der Waals surface area contributed by atoms with Gasteiger partial charge in [0, 0.05) is 36.8 Å². The number of hydrogen-bond donors (Lipinski definition) is 0. The molecule has 0 saturated carbocycles. The van der Waals surface area contributed by atoms with Gasteiger partial charge in [-0.15, -0.1) is 0 Å². The van der Waals surface area contributed by atoms with Gasteiger partial charge in [0.15, 0.2) is 0 Å². The van der Waals surface area contributed by atoms with E-state index in [9.17, 15) is 20.2 Å². The van der Waals surface area contributed by atoms with Crippen molar-refractivity contribution >= 4 is 28.2 Å². The Kier molecular flexibility index (Phi) is 4.98. The lowest BCUT2D eigenvalue weighted by atomic mass is 10.1. The van der Waals surface area contributed by atoms with Crippen molar-refractivity contribution in [1.82, 2.24) is 4.57 Å². The van der Waals surface area contributed by atoms with Crippen molar-refractivity contribution in [2.45, 2.75) is 26.1 Å². The molecule has 30 heavy (non-hydrogen) atoms. The van der Waals surface area contributed by atoms with Crippen LogP contribution in [0.1, 0.15) is 29.8 Å². The number of carbonyl (C=O) groups is 1. The number of ether oxygens (including phenoxy) is 1. The quantitative estimate of drug-likeness (QED) is 0.487. The molecule has 1 aliphatic heterocycles. The molecule has 1 saturated heterocycles. The van der Waals surface area contributed by atoms with Gasteiger partial charge in [-0.1, -0.05) is 18.2 Å². The molecule has 8 nitrogen and oxygen atoms in total. The normalized spacial score (nSPS) is 18.9. The molecule has 8 heteroatoms. The van der Waals surface area contributed by atoms with Crippen molar-refractivity contribution in [2.24, 2.45) is 0 Å². The van der Waals surface area contributed by atoms with Gasteiger partial charge in [-0.2, -0.15) is 5.26 Å². The monoisotopic (exact) mass is 404 g/mol. The van der Waals surface area contributed by atoms with Crippen LogP contribution >= 0.6 is 0 Å². The molecule has 152 valence electrons. The first kappa shape index (κ1) is 19.6. The molecule has 1 fully saturated rings. The topological polar surface area (TPSA) is 101 Å². The van der Waals surface area contributed by atoms with Crippen molar-refractivity contribution in [3.8, 4) is 6.07 Å². The number of para-hydroxylation sites is 1. The van der Waals surface area contributed by atoms with Crippen LogP contribution in [0.3, 0.4) is 0 Å². The van der Waals surface area contributed by atoms with E-state index in [0.29, 0.717) is 35.2 Å². The molecule has 1 aromatic heterocycles. The van der Waals surface area contributed by atoms with Crippen LogP contribution in [0.5, 0.6) is 0 Å². The third-order valence-electron chi connectivity index (χ3n) is 5.23. The van der Waals surface area contributed by atoms with Crippen LogP contribution in [0, 0.1) is 21.4 Å². The van der Waals surface area contributed by atoms with Gasteiger partial charge in [0.05, 0.1) is 39.5 Å². The highest BCUT2D eigenvalue weighted by Gasteiger charge is 2.28. The third-order valence-corrected chi connectivity index (χ3v) is 5.23. The van der Waals surface area contributed by atoms with Gasteiger partial charge in [0.2, 0.25) is 0 Å². The number of nitro groups is 1. The summed E-state index contributed by atoms with van der Waals surface area (Å²) in [6.45, 7) is 5.04. The Bertz CT molecular complexity index is 1180. The van der Waals surface area contributed by atoms with Gasteiger partial charge >= 0.3 is 0 Å². The molecule has 2 unspecified atom stereocenters. The summed E-state index contributed by atoms with van der Waals surface area (Å²) in [5.41, 5.74) is 1.63. The molecular formula is C22H20N4O4. The van der Waals surface area contributed by atoms with Gasteiger partial charge in [-0.3, -0.25) is 19.5 Å². The van der Waals surface area contributed by atoms with Crippen molar-refractivity contribution in [3.63, 3.8) is 0 Å². The summed E-state index contributed by atoms with van der Waals surface area (Å²) >= 11 is 0. The predicted molar refractivity (Wildman–Crippen MR) is 112 cm³/mol. The van der Waals surface area contributed by atoms with E-state index >= 15 is 0 Å². The van der Waals surface area contributed by atoms with Gasteiger partial charge < -0.3 is 9.64 Å². The zero-order valence-electron chi connectivity index (χ0n) is 16.6. The molecule has 2 aromatic carbocycles. The minimum atomic E-state index is -0.514. The molecule has 2 atom stereocenters. The van der Waals surface area contributed by atoms with Gasteiger partial charge in [0.25, 0.3) is 11.6 Å². The summed E-state index contributed by atoms with van der Waals surface area (Å²) in [6.07, 6.45) is 1.41. The second kappa shape index (κ2) is 7.61. The number of fused-ring (bicyclic) bond motifs is 1. The van der Waals surface area contributed by atoms with Crippen LogP contribution in [-0.2, 0) is 4.74 Å². The molecular weight excluding hydrogens is 384 g/mol. The Morgan fingerprint density at radius 3 is 2.57 bits per heavy atom. The van der Waals surface area contributed by atoms with Crippen molar-refractivity contribution < 1.29 is 14.5 Å². The second-order valence-electron chi connectivity index (χ2n) is 7.47. The van der Waals surface area contributed by atoms with Crippen LogP contribution in [0.2, 0.25) is 0 Å². The molecule has 0 aliphatic carbocycles. The van der Waals surface area contributed by atoms with Gasteiger partial charge in [-0.25, -0.2) is 0 Å². The van der Waals surface area contributed by atoms with Crippen LogP contribution in [0.25, 0.3) is 10.9 Å². The first-order valence-corrected chi connectivity index (χ1v) is 9.62. The number of morpholine rings is 1. The molecule has 0 amide bonds. The van der Waals surface area contributed by atoms with Gasteiger partial charge in [-0.05, 0) is 26.0 Å². The fraction of sp³-hybridized carbons (Fsp3) is 0.273. The molecule has 0 N–H and O–H groups in total. The zero-order chi connectivity index (χ0) is 21.4. The minimum Gasteiger partial charge on any atom is -0.372 e. The summed E-state index contributed by atoms with van der Waals surface area (Å²) in [5.74, 6) is -0.418. The lowest BCUT2D eigenvalue weighted by Crippen LogP contribution is -2.46. The lowest BCUT2D eigenvalue weighted by molar-refractivity contribution is -0.384. The van der Waals surface area contributed by atoms with Crippen LogP contribution in [0.4, 0.5) is 11.4 Å². The average Bonchev–Trinajstić information content (AvgIpc) is 3.11. The summed E-state index contributed by atoms with van der Waals surface area (Å²) in [4.78, 5) is 26.4. The number of rotatable bonds is 3. The number of anilines is 1. The maximum atomic E-state index is 13.6. The highest BCUT2D eigenvalue weighted by molar-refractivity contribution is 6.07. The first-order valence-electron chi connectivity index (χ1n) is 9.62. The molecule has 1 aliphatic rings. The van der Waals surface area contributed by atoms with Crippen LogP contribution in [0.15, 0.2) is 48.7 Å². The molecule has 4 rings (SSSR count). The fourth-order valence-electron chi connectivity index (χ4n) is 4.03. The fourth-order valence-corrected chi connectivity index (χ4v) is 4.03. The number of hydrogen-bond acceptors (Lipinski definition) is 6. The molecule has 2 heterocycles. The number of non-ortho nitro benzene ring substituents is 1. The van der Waals surface area contributed by atoms with Crippen molar-refractivity contribution in [3.05, 3.63) is 69.9 Å². The number of nitrogens with zero attached hydrogens (tertiary/aromatic N) is 4. The van der Waals surface area contributed by atoms with Crippen molar-refractivity contribution in [2.75, 3.05) is 18.0 Å². The summed E-state index contributed by atoms with van der Waals surface area (Å²) in [5, 5.41) is 21.5. The summed E-state index contributed by atoms with van der Waals surface area (Å²) in [7, 11) is 0. The molecule has 0 spiro atoms. The Labute approximate surface area is 173 Å². The van der Waals surface area contributed by atoms with Crippen molar-refractivity contribution in [1.29, 1.82) is 5.26 Å². The molecule has 0 radical (unpaired) electrons. The highest BCUT2D eigenvalue weighted by atomic mass is 16.6. The Morgan fingerprint density at radius 1 is 1.20 bits per heavy atom. The second-order valence-corrected chi connectivity index (χ2v) is 7.47.